The lowest BCUT2D eigenvalue weighted by molar-refractivity contribution is -0.116. The molecule has 2 rings (SSSR count). The summed E-state index contributed by atoms with van der Waals surface area (Å²) >= 11 is 0. The minimum absolute atomic E-state index is 0. The van der Waals surface area contributed by atoms with E-state index in [0.29, 0.717) is 18.9 Å². The number of carbonyl (C=O) groups excluding carboxylic acids is 1. The van der Waals surface area contributed by atoms with Gasteiger partial charge in [0.2, 0.25) is 5.91 Å². The van der Waals surface area contributed by atoms with Gasteiger partial charge in [-0.1, -0.05) is 12.1 Å². The highest BCUT2D eigenvalue weighted by Crippen LogP contribution is 2.19. The second kappa shape index (κ2) is 10.6. The Balaban J connectivity index is 0.00000264. The summed E-state index contributed by atoms with van der Waals surface area (Å²) in [5.41, 5.74) is 1.95. The first-order chi connectivity index (χ1) is 10.6. The molecule has 1 aliphatic rings. The lowest BCUT2D eigenvalue weighted by Gasteiger charge is -2.22. The van der Waals surface area contributed by atoms with Gasteiger partial charge in [-0.3, -0.25) is 4.79 Å². The van der Waals surface area contributed by atoms with E-state index in [2.05, 4.69) is 10.6 Å². The quantitative estimate of drug-likeness (QED) is 0.794. The van der Waals surface area contributed by atoms with Crippen LogP contribution in [0.2, 0.25) is 0 Å². The molecule has 0 aliphatic carbocycles. The molecule has 2 N–H and O–H groups in total. The molecule has 1 heterocycles. The van der Waals surface area contributed by atoms with Crippen LogP contribution in [0.4, 0.5) is 5.69 Å². The van der Waals surface area contributed by atoms with Gasteiger partial charge in [0.1, 0.15) is 0 Å². The summed E-state index contributed by atoms with van der Waals surface area (Å²) in [6.07, 6.45) is 4.19. The maximum Gasteiger partial charge on any atom is 0.224 e. The Hall–Kier alpha value is -1.10. The van der Waals surface area contributed by atoms with E-state index in [1.165, 1.54) is 12.8 Å². The number of piperidine rings is 1. The fourth-order valence-corrected chi connectivity index (χ4v) is 2.73. The molecule has 5 heteroatoms. The summed E-state index contributed by atoms with van der Waals surface area (Å²) in [5, 5.41) is 6.36. The van der Waals surface area contributed by atoms with E-state index in [4.69, 9.17) is 4.74 Å². The fraction of sp³-hybridized carbons (Fsp3) is 0.611. The number of rotatable bonds is 7. The number of hydrogen-bond acceptors (Lipinski definition) is 3. The van der Waals surface area contributed by atoms with Crippen LogP contribution in [0.1, 0.15) is 45.1 Å². The Morgan fingerprint density at radius 3 is 2.78 bits per heavy atom. The molecule has 130 valence electrons. The Morgan fingerprint density at radius 1 is 1.35 bits per heavy atom. The van der Waals surface area contributed by atoms with Gasteiger partial charge in [0.05, 0.1) is 12.7 Å². The molecule has 0 bridgehead atoms. The maximum absolute atomic E-state index is 12.1. The first kappa shape index (κ1) is 19.9. The van der Waals surface area contributed by atoms with Gasteiger partial charge in [-0.15, -0.1) is 12.4 Å². The van der Waals surface area contributed by atoms with Crippen LogP contribution in [0.3, 0.4) is 0 Å². The molecule has 1 fully saturated rings. The fourth-order valence-electron chi connectivity index (χ4n) is 2.73. The molecule has 1 aromatic carbocycles. The summed E-state index contributed by atoms with van der Waals surface area (Å²) in [6.45, 7) is 6.80. The zero-order valence-electron chi connectivity index (χ0n) is 14.1. The lowest BCUT2D eigenvalue weighted by Crippen LogP contribution is -2.28. The van der Waals surface area contributed by atoms with Gasteiger partial charge in [-0.05, 0) is 69.8 Å². The van der Waals surface area contributed by atoms with Crippen molar-refractivity contribution in [3.05, 3.63) is 29.8 Å². The third kappa shape index (κ3) is 7.82. The van der Waals surface area contributed by atoms with Crippen LogP contribution in [0.5, 0.6) is 0 Å². The van der Waals surface area contributed by atoms with Crippen LogP contribution in [0.15, 0.2) is 24.3 Å². The van der Waals surface area contributed by atoms with Gasteiger partial charge in [-0.2, -0.15) is 0 Å². The maximum atomic E-state index is 12.1. The van der Waals surface area contributed by atoms with Crippen molar-refractivity contribution in [3.8, 4) is 0 Å². The van der Waals surface area contributed by atoms with Gasteiger partial charge < -0.3 is 15.4 Å². The summed E-state index contributed by atoms with van der Waals surface area (Å²) in [4.78, 5) is 12.1. The van der Waals surface area contributed by atoms with Crippen molar-refractivity contribution in [1.29, 1.82) is 0 Å². The van der Waals surface area contributed by atoms with E-state index >= 15 is 0 Å². The molecule has 0 saturated carbocycles. The molecular weight excluding hydrogens is 312 g/mol. The predicted molar refractivity (Wildman–Crippen MR) is 97.1 cm³/mol. The van der Waals surface area contributed by atoms with Gasteiger partial charge in [0, 0.05) is 12.1 Å². The minimum Gasteiger partial charge on any atom is -0.374 e. The molecular formula is C18H29ClN2O2. The minimum atomic E-state index is 0. The number of amides is 1. The molecule has 0 radical (unpaired) electrons. The number of benzene rings is 1. The average molecular weight is 341 g/mol. The number of hydrogen-bond donors (Lipinski definition) is 2. The number of ether oxygens (including phenoxy) is 1. The van der Waals surface area contributed by atoms with Crippen LogP contribution < -0.4 is 10.6 Å². The zero-order chi connectivity index (χ0) is 15.8. The van der Waals surface area contributed by atoms with Crippen LogP contribution in [-0.2, 0) is 16.1 Å². The first-order valence-corrected chi connectivity index (χ1v) is 8.34. The van der Waals surface area contributed by atoms with Gasteiger partial charge >= 0.3 is 0 Å². The molecule has 0 spiro atoms. The van der Waals surface area contributed by atoms with Crippen LogP contribution in [0, 0.1) is 5.92 Å². The van der Waals surface area contributed by atoms with Gasteiger partial charge in [-0.25, -0.2) is 0 Å². The van der Waals surface area contributed by atoms with Crippen molar-refractivity contribution in [3.63, 3.8) is 0 Å². The number of halogens is 1. The van der Waals surface area contributed by atoms with Crippen molar-refractivity contribution in [2.75, 3.05) is 18.4 Å². The molecule has 1 aliphatic heterocycles. The van der Waals surface area contributed by atoms with Crippen molar-refractivity contribution in [1.82, 2.24) is 5.32 Å². The Labute approximate surface area is 145 Å². The number of carbonyl (C=O) groups is 1. The van der Waals surface area contributed by atoms with E-state index in [1.54, 1.807) is 0 Å². The normalized spacial score (nSPS) is 15.3. The topological polar surface area (TPSA) is 50.4 Å². The standard InChI is InChI=1S/C18H28N2O2.ClH/c1-14(2)22-13-16-4-3-5-17(12-16)20-18(21)7-6-15-8-10-19-11-9-15;/h3-5,12,14-15,19H,6-11,13H2,1-2H3,(H,20,21);1H. The molecule has 4 nitrogen and oxygen atoms in total. The van der Waals surface area contributed by atoms with Crippen molar-refractivity contribution < 1.29 is 9.53 Å². The van der Waals surface area contributed by atoms with Gasteiger partial charge in [0.25, 0.3) is 0 Å². The largest absolute Gasteiger partial charge is 0.374 e. The van der Waals surface area contributed by atoms with Crippen molar-refractivity contribution in [2.24, 2.45) is 5.92 Å². The summed E-state index contributed by atoms with van der Waals surface area (Å²) in [5.74, 6) is 0.804. The highest BCUT2D eigenvalue weighted by Gasteiger charge is 2.14. The first-order valence-electron chi connectivity index (χ1n) is 8.34. The smallest absolute Gasteiger partial charge is 0.224 e. The molecule has 23 heavy (non-hydrogen) atoms. The van der Waals surface area contributed by atoms with Crippen LogP contribution >= 0.6 is 12.4 Å². The predicted octanol–water partition coefficient (Wildman–Crippen LogP) is 3.75. The van der Waals surface area contributed by atoms with Crippen molar-refractivity contribution >= 4 is 24.0 Å². The zero-order valence-corrected chi connectivity index (χ0v) is 15.0. The number of nitrogens with one attached hydrogen (secondary N) is 2. The average Bonchev–Trinajstić information content (AvgIpc) is 2.52. The Bertz CT molecular complexity index is 474. The highest BCUT2D eigenvalue weighted by molar-refractivity contribution is 5.90. The Kier molecular flexibility index (Phi) is 9.22. The molecule has 1 amide bonds. The third-order valence-electron chi connectivity index (χ3n) is 4.03. The lowest BCUT2D eigenvalue weighted by atomic mass is 9.93. The van der Waals surface area contributed by atoms with Crippen LogP contribution in [0.25, 0.3) is 0 Å². The summed E-state index contributed by atoms with van der Waals surface area (Å²) in [7, 11) is 0. The number of anilines is 1. The molecule has 1 saturated heterocycles. The second-order valence-electron chi connectivity index (χ2n) is 6.34. The van der Waals surface area contributed by atoms with E-state index in [-0.39, 0.29) is 24.4 Å². The molecule has 0 atom stereocenters. The molecule has 0 unspecified atom stereocenters. The van der Waals surface area contributed by atoms with Crippen molar-refractivity contribution in [2.45, 2.75) is 52.2 Å². The molecule has 1 aromatic rings. The SMILES string of the molecule is CC(C)OCc1cccc(NC(=O)CCC2CCNCC2)c1.Cl. The van der Waals surface area contributed by atoms with E-state index in [9.17, 15) is 4.79 Å². The van der Waals surface area contributed by atoms with E-state index < -0.39 is 0 Å². The van der Waals surface area contributed by atoms with E-state index in [1.807, 2.05) is 38.1 Å². The molecule has 0 aromatic heterocycles. The summed E-state index contributed by atoms with van der Waals surface area (Å²) in [6, 6.07) is 7.90. The monoisotopic (exact) mass is 340 g/mol. The Morgan fingerprint density at radius 2 is 2.09 bits per heavy atom. The van der Waals surface area contributed by atoms with E-state index in [0.717, 1.165) is 30.8 Å². The second-order valence-corrected chi connectivity index (χ2v) is 6.34. The van der Waals surface area contributed by atoms with Gasteiger partial charge in [0.15, 0.2) is 0 Å². The highest BCUT2D eigenvalue weighted by atomic mass is 35.5. The third-order valence-corrected chi connectivity index (χ3v) is 4.03. The summed E-state index contributed by atoms with van der Waals surface area (Å²) < 4.78 is 5.60. The van der Waals surface area contributed by atoms with Crippen LogP contribution in [-0.4, -0.2) is 25.1 Å².